The molecule has 0 radical (unpaired) electrons. The lowest BCUT2D eigenvalue weighted by molar-refractivity contribution is 0.332. The number of allylic oxidation sites excluding steroid dienone is 2. The van der Waals surface area contributed by atoms with Crippen LogP contribution in [-0.2, 0) is 22.7 Å². The molecule has 0 saturated heterocycles. The van der Waals surface area contributed by atoms with E-state index >= 15 is 0 Å². The number of anilines is 4. The molecular formula is C69H63BN2O3S. The largest absolute Gasteiger partial charge is 0.455 e. The fraction of sp³-hybridized carbons (Fsp3) is 0.304. The zero-order chi connectivity index (χ0) is 51.7. The molecule has 0 N–H and O–H groups in total. The smallest absolute Gasteiger partial charge is 0.329 e. The number of benzene rings is 7. The van der Waals surface area contributed by atoms with Gasteiger partial charge in [-0.05, 0) is 185 Å². The second kappa shape index (κ2) is 14.8. The van der Waals surface area contributed by atoms with Crippen LogP contribution in [0.25, 0.3) is 33.1 Å². The van der Waals surface area contributed by atoms with E-state index in [0.29, 0.717) is 0 Å². The minimum Gasteiger partial charge on any atom is -0.455 e. The van der Waals surface area contributed by atoms with Gasteiger partial charge in [-0.1, -0.05) is 127 Å². The van der Waals surface area contributed by atoms with Gasteiger partial charge >= 0.3 is 6.85 Å². The molecular weight excluding hydrogens is 948 g/mol. The highest BCUT2D eigenvalue weighted by atomic mass is 32.2. The maximum atomic E-state index is 7.53. The van der Waals surface area contributed by atoms with Crippen LogP contribution in [0.5, 0.6) is 23.0 Å². The summed E-state index contributed by atoms with van der Waals surface area (Å²) in [5.41, 5.74) is 23.5. The van der Waals surface area contributed by atoms with Gasteiger partial charge < -0.3 is 23.6 Å². The van der Waals surface area contributed by atoms with E-state index in [1.807, 2.05) is 24.3 Å². The third kappa shape index (κ3) is 5.50. The standard InChI is InChI=1S/C69H63BN2O3S/c1-11-12-19-40-26-27-48-46(33-40)67(8)29-28-38(2)59-64(67)68(9)61(60-42-21-14-18-25-57(42)76-69(59,60)10)58-62-51(34-43-41-20-13-15-22-52(41)75-63(43)58)71(49-35-45-44(32-39(49)3)65(4,5)30-31-66(45,6)7)50-37-56-55(36-47(50)70(62)72(48)68)73-53-23-16-17-24-54(53)74-56/h13-18,20-29,32-38H,11-12,19,30-31H2,1-10H3. The Morgan fingerprint density at radius 2 is 1.38 bits per heavy atom. The van der Waals surface area contributed by atoms with Crippen molar-refractivity contribution in [1.82, 2.24) is 0 Å². The second-order valence-electron chi connectivity index (χ2n) is 25.3. The summed E-state index contributed by atoms with van der Waals surface area (Å²) in [5, 5.41) is 2.27. The molecule has 4 atom stereocenters. The van der Waals surface area contributed by atoms with Crippen molar-refractivity contribution >= 4 is 85.4 Å². The number of unbranched alkanes of at least 4 members (excludes halogenated alkanes) is 1. The van der Waals surface area contributed by atoms with Crippen LogP contribution < -0.4 is 30.1 Å². The molecule has 0 fully saturated rings. The van der Waals surface area contributed by atoms with Crippen molar-refractivity contribution in [2.45, 2.75) is 133 Å². The lowest BCUT2D eigenvalue weighted by atomic mass is 9.37. The van der Waals surface area contributed by atoms with E-state index in [0.717, 1.165) is 82.7 Å². The van der Waals surface area contributed by atoms with Crippen LogP contribution in [0, 0.1) is 12.8 Å². The molecule has 7 aromatic carbocycles. The highest BCUT2D eigenvalue weighted by molar-refractivity contribution is 8.02. The van der Waals surface area contributed by atoms with Crippen LogP contribution >= 0.6 is 11.8 Å². The molecule has 0 saturated carbocycles. The van der Waals surface area contributed by atoms with Gasteiger partial charge in [0.2, 0.25) is 0 Å². The van der Waals surface area contributed by atoms with Crippen LogP contribution in [0.1, 0.15) is 127 Å². The number of nitrogens with zero attached hydrogens (tertiary/aromatic N) is 2. The molecule has 76 heavy (non-hydrogen) atoms. The third-order valence-electron chi connectivity index (χ3n) is 19.9. The van der Waals surface area contributed by atoms with Crippen LogP contribution in [0.4, 0.5) is 22.7 Å². The summed E-state index contributed by atoms with van der Waals surface area (Å²) in [6, 6.07) is 46.0. The SMILES string of the molecule is CCCCc1ccc2c(c1)C1(C)C=CC(C)C3=C1C1(C)C(=C4c5ccccc5SC43C)c3c4c(cc5c3oc3ccccc35)N(c3cc5c(cc3C)C(C)(C)CCC5(C)C)c3cc5c(cc3B4N21)Oc1ccccc1O5. The number of hydrogen-bond acceptors (Lipinski definition) is 6. The van der Waals surface area contributed by atoms with Gasteiger partial charge in [0.15, 0.2) is 23.0 Å². The summed E-state index contributed by atoms with van der Waals surface area (Å²) in [4.78, 5) is 6.89. The molecule has 1 aromatic heterocycles. The maximum Gasteiger partial charge on any atom is 0.329 e. The molecule has 3 aliphatic carbocycles. The summed E-state index contributed by atoms with van der Waals surface area (Å²) in [6.07, 6.45) is 10.8. The Balaban J connectivity index is 1.12. The van der Waals surface area contributed by atoms with E-state index in [1.54, 1.807) is 5.57 Å². The Morgan fingerprint density at radius 1 is 0.671 bits per heavy atom. The van der Waals surface area contributed by atoms with Gasteiger partial charge in [-0.25, -0.2) is 0 Å². The number of furan rings is 1. The van der Waals surface area contributed by atoms with E-state index in [-0.39, 0.29) is 28.3 Å². The molecule has 5 aliphatic heterocycles. The van der Waals surface area contributed by atoms with Gasteiger partial charge in [0.25, 0.3) is 0 Å². The summed E-state index contributed by atoms with van der Waals surface area (Å²) in [5.74, 6) is 3.12. The minimum absolute atomic E-state index is 0.0132. The van der Waals surface area contributed by atoms with Gasteiger partial charge in [0.05, 0.1) is 10.3 Å². The number of thioether (sulfide) groups is 1. The van der Waals surface area contributed by atoms with E-state index in [4.69, 9.17) is 13.9 Å². The topological polar surface area (TPSA) is 38.1 Å². The quantitative estimate of drug-likeness (QED) is 0.129. The summed E-state index contributed by atoms with van der Waals surface area (Å²) < 4.78 is 21.1. The minimum atomic E-state index is -0.646. The first kappa shape index (κ1) is 45.4. The number of rotatable bonds is 4. The first-order chi connectivity index (χ1) is 36.5. The predicted molar refractivity (Wildman–Crippen MR) is 316 cm³/mol. The van der Waals surface area contributed by atoms with Gasteiger partial charge in [0.1, 0.15) is 11.2 Å². The Kier molecular flexibility index (Phi) is 8.84. The molecule has 0 spiro atoms. The van der Waals surface area contributed by atoms with Gasteiger partial charge in [0, 0.05) is 55.5 Å². The number of ether oxygens (including phenoxy) is 2. The fourth-order valence-electron chi connectivity index (χ4n) is 16.2. The predicted octanol–water partition coefficient (Wildman–Crippen LogP) is 17.2. The van der Waals surface area contributed by atoms with Gasteiger partial charge in [-0.15, -0.1) is 11.8 Å². The van der Waals surface area contributed by atoms with Crippen LogP contribution in [0.3, 0.4) is 0 Å². The summed E-state index contributed by atoms with van der Waals surface area (Å²) in [6.45, 7) is 24.4. The lowest BCUT2D eigenvalue weighted by Crippen LogP contribution is -2.75. The van der Waals surface area contributed by atoms with Gasteiger partial charge in [-0.3, -0.25) is 0 Å². The van der Waals surface area contributed by atoms with Crippen molar-refractivity contribution in [3.63, 3.8) is 0 Å². The summed E-state index contributed by atoms with van der Waals surface area (Å²) >= 11 is 2.07. The van der Waals surface area contributed by atoms with Crippen LogP contribution in [0.15, 0.2) is 154 Å². The van der Waals surface area contributed by atoms with Crippen molar-refractivity contribution in [3.05, 3.63) is 184 Å². The molecule has 7 heteroatoms. The zero-order valence-electron chi connectivity index (χ0n) is 45.4. The molecule has 376 valence electrons. The Hall–Kier alpha value is -6.83. The normalized spacial score (nSPS) is 24.9. The van der Waals surface area contributed by atoms with Crippen molar-refractivity contribution in [2.75, 3.05) is 9.71 Å². The molecule has 8 aromatic rings. The Bertz CT molecular complexity index is 4100. The lowest BCUT2D eigenvalue weighted by Gasteiger charge is -2.66. The molecule has 0 bridgehead atoms. The van der Waals surface area contributed by atoms with Crippen molar-refractivity contribution < 1.29 is 13.9 Å². The monoisotopic (exact) mass is 1010 g/mol. The fourth-order valence-corrected chi connectivity index (χ4v) is 17.8. The molecule has 8 aliphatic rings. The Morgan fingerprint density at radius 3 is 2.16 bits per heavy atom. The van der Waals surface area contributed by atoms with Crippen molar-refractivity contribution in [2.24, 2.45) is 5.92 Å². The second-order valence-corrected chi connectivity index (χ2v) is 26.7. The van der Waals surface area contributed by atoms with Crippen LogP contribution in [-0.4, -0.2) is 17.1 Å². The maximum absolute atomic E-state index is 7.53. The average molecular weight is 1010 g/mol. The average Bonchev–Trinajstić information content (AvgIpc) is 4.02. The van der Waals surface area contributed by atoms with E-state index in [9.17, 15) is 0 Å². The Labute approximate surface area is 451 Å². The third-order valence-corrected chi connectivity index (χ3v) is 21.3. The number of aryl methyl sites for hydroxylation is 2. The molecule has 16 rings (SSSR count). The highest BCUT2D eigenvalue weighted by Gasteiger charge is 2.68. The van der Waals surface area contributed by atoms with Crippen molar-refractivity contribution in [1.29, 1.82) is 0 Å². The molecule has 6 heterocycles. The van der Waals surface area contributed by atoms with E-state index in [2.05, 4.69) is 200 Å². The van der Waals surface area contributed by atoms with Crippen LogP contribution in [0.2, 0.25) is 0 Å². The van der Waals surface area contributed by atoms with E-state index < -0.39 is 11.0 Å². The number of hydrogen-bond donors (Lipinski definition) is 0. The molecule has 0 amide bonds. The molecule has 5 nitrogen and oxygen atoms in total. The first-order valence-corrected chi connectivity index (χ1v) is 28.8. The summed E-state index contributed by atoms with van der Waals surface area (Å²) in [7, 11) is 0. The highest BCUT2D eigenvalue weighted by Crippen LogP contribution is 2.73. The van der Waals surface area contributed by atoms with Crippen molar-refractivity contribution in [3.8, 4) is 23.0 Å². The van der Waals surface area contributed by atoms with E-state index in [1.165, 1.54) is 88.5 Å². The molecule has 4 unspecified atom stereocenters. The zero-order valence-corrected chi connectivity index (χ0v) is 46.2. The first-order valence-electron chi connectivity index (χ1n) is 28.0. The number of para-hydroxylation sites is 3. The number of fused-ring (bicyclic) bond motifs is 18. The van der Waals surface area contributed by atoms with Gasteiger partial charge in [-0.2, -0.15) is 0 Å².